The number of nitrogens with two attached hydrogens (primary N) is 1. The Morgan fingerprint density at radius 3 is 2.48 bits per heavy atom. The van der Waals surface area contributed by atoms with Gasteiger partial charge in [0.2, 0.25) is 5.91 Å². The molecule has 2 amide bonds. The molecule has 0 saturated heterocycles. The van der Waals surface area contributed by atoms with E-state index in [1.54, 1.807) is 12.1 Å². The van der Waals surface area contributed by atoms with E-state index in [2.05, 4.69) is 10.6 Å². The Morgan fingerprint density at radius 2 is 1.88 bits per heavy atom. The second-order valence-corrected chi connectivity index (χ2v) is 5.78. The lowest BCUT2D eigenvalue weighted by molar-refractivity contribution is -0.123. The summed E-state index contributed by atoms with van der Waals surface area (Å²) < 4.78 is 5.08. The molecule has 2 atom stereocenters. The van der Waals surface area contributed by atoms with Crippen LogP contribution >= 0.6 is 12.4 Å². The molecule has 0 bridgehead atoms. The van der Waals surface area contributed by atoms with Crippen LogP contribution in [-0.4, -0.2) is 30.9 Å². The van der Waals surface area contributed by atoms with Crippen LogP contribution in [0.4, 0.5) is 0 Å². The minimum Gasteiger partial charge on any atom is -0.459 e. The lowest BCUT2D eigenvalue weighted by Crippen LogP contribution is -2.49. The maximum Gasteiger partial charge on any atom is 0.287 e. The zero-order valence-electron chi connectivity index (χ0n) is 14.1. The van der Waals surface area contributed by atoms with Gasteiger partial charge in [0.05, 0.1) is 6.26 Å². The van der Waals surface area contributed by atoms with Crippen LogP contribution in [0, 0.1) is 5.92 Å². The molecule has 0 aliphatic heterocycles. The molecule has 0 spiro atoms. The van der Waals surface area contributed by atoms with E-state index in [-0.39, 0.29) is 30.0 Å². The number of rotatable bonds is 8. The highest BCUT2D eigenvalue weighted by molar-refractivity contribution is 5.95. The van der Waals surface area contributed by atoms with Gasteiger partial charge in [-0.1, -0.05) is 37.3 Å². The first-order valence-electron chi connectivity index (χ1n) is 7.96. The van der Waals surface area contributed by atoms with Crippen molar-refractivity contribution in [3.05, 3.63) is 60.1 Å². The summed E-state index contributed by atoms with van der Waals surface area (Å²) in [7, 11) is 0. The maximum absolute atomic E-state index is 12.5. The Bertz CT molecular complexity index is 647. The minimum absolute atomic E-state index is 0. The van der Waals surface area contributed by atoms with Gasteiger partial charge in [-0.2, -0.15) is 0 Å². The van der Waals surface area contributed by atoms with Gasteiger partial charge in [-0.05, 0) is 30.2 Å². The molecule has 6 nitrogen and oxygen atoms in total. The molecule has 4 N–H and O–H groups in total. The Kier molecular flexibility index (Phi) is 8.74. The fourth-order valence-electron chi connectivity index (χ4n) is 2.18. The van der Waals surface area contributed by atoms with Gasteiger partial charge in [0, 0.05) is 13.0 Å². The molecule has 0 fully saturated rings. The van der Waals surface area contributed by atoms with Gasteiger partial charge in [-0.3, -0.25) is 9.59 Å². The highest BCUT2D eigenvalue weighted by Gasteiger charge is 2.23. The molecule has 1 aromatic heterocycles. The molecule has 2 unspecified atom stereocenters. The molecule has 2 rings (SSSR count). The van der Waals surface area contributed by atoms with Crippen LogP contribution in [0.1, 0.15) is 23.0 Å². The molecule has 0 saturated carbocycles. The molecular weight excluding hydrogens is 342 g/mol. The number of hydrogen-bond acceptors (Lipinski definition) is 4. The van der Waals surface area contributed by atoms with Crippen LogP contribution in [0.5, 0.6) is 0 Å². The van der Waals surface area contributed by atoms with Crippen LogP contribution < -0.4 is 16.4 Å². The van der Waals surface area contributed by atoms with Crippen molar-refractivity contribution in [3.63, 3.8) is 0 Å². The van der Waals surface area contributed by atoms with Crippen LogP contribution in [0.15, 0.2) is 53.1 Å². The lowest BCUT2D eigenvalue weighted by atomic mass is 10.0. The molecule has 1 heterocycles. The average molecular weight is 366 g/mol. The predicted octanol–water partition coefficient (Wildman–Crippen LogP) is 1.75. The van der Waals surface area contributed by atoms with E-state index < -0.39 is 11.9 Å². The van der Waals surface area contributed by atoms with E-state index in [0.29, 0.717) is 19.5 Å². The standard InChI is InChI=1S/C18H23N3O3.ClH/c1-13(11-19)12-20-17(22)15(10-14-6-3-2-4-7-14)21-18(23)16-8-5-9-24-16;/h2-9,13,15H,10-12,19H2,1H3,(H,20,22)(H,21,23);1H. The summed E-state index contributed by atoms with van der Waals surface area (Å²) >= 11 is 0. The Balaban J connectivity index is 0.00000312. The number of halogens is 1. The summed E-state index contributed by atoms with van der Waals surface area (Å²) in [6.45, 7) is 2.91. The fraction of sp³-hybridized carbons (Fsp3) is 0.333. The van der Waals surface area contributed by atoms with Crippen molar-refractivity contribution in [2.75, 3.05) is 13.1 Å². The van der Waals surface area contributed by atoms with Crippen molar-refractivity contribution < 1.29 is 14.0 Å². The largest absolute Gasteiger partial charge is 0.459 e. The smallest absolute Gasteiger partial charge is 0.287 e. The van der Waals surface area contributed by atoms with Crippen molar-refractivity contribution in [3.8, 4) is 0 Å². The number of hydrogen-bond donors (Lipinski definition) is 3. The van der Waals surface area contributed by atoms with Crippen molar-refractivity contribution >= 4 is 24.2 Å². The number of benzene rings is 1. The maximum atomic E-state index is 12.5. The normalized spacial score (nSPS) is 12.6. The van der Waals surface area contributed by atoms with Gasteiger partial charge < -0.3 is 20.8 Å². The van der Waals surface area contributed by atoms with E-state index >= 15 is 0 Å². The molecule has 136 valence electrons. The van der Waals surface area contributed by atoms with Gasteiger partial charge in [0.15, 0.2) is 5.76 Å². The first-order chi connectivity index (χ1) is 11.6. The second kappa shape index (κ2) is 10.5. The zero-order valence-corrected chi connectivity index (χ0v) is 14.9. The number of furan rings is 1. The van der Waals surface area contributed by atoms with E-state index in [1.807, 2.05) is 37.3 Å². The summed E-state index contributed by atoms with van der Waals surface area (Å²) in [5, 5.41) is 5.57. The summed E-state index contributed by atoms with van der Waals surface area (Å²) in [4.78, 5) is 24.7. The third kappa shape index (κ3) is 6.60. The van der Waals surface area contributed by atoms with E-state index in [9.17, 15) is 9.59 Å². The molecule has 7 heteroatoms. The summed E-state index contributed by atoms with van der Waals surface area (Å²) in [6.07, 6.45) is 1.82. The number of amides is 2. The van der Waals surface area contributed by atoms with Gasteiger partial charge in [-0.25, -0.2) is 0 Å². The summed E-state index contributed by atoms with van der Waals surface area (Å²) in [6, 6.07) is 12.0. The van der Waals surface area contributed by atoms with Crippen LogP contribution in [0.2, 0.25) is 0 Å². The lowest BCUT2D eigenvalue weighted by Gasteiger charge is -2.19. The number of nitrogens with one attached hydrogen (secondary N) is 2. The molecular formula is C18H24ClN3O3. The SMILES string of the molecule is CC(CN)CNC(=O)C(Cc1ccccc1)NC(=O)c1ccco1.Cl. The minimum atomic E-state index is -0.685. The van der Waals surface area contributed by atoms with E-state index in [1.165, 1.54) is 6.26 Å². The third-order valence-electron chi connectivity index (χ3n) is 3.68. The second-order valence-electron chi connectivity index (χ2n) is 5.78. The Morgan fingerprint density at radius 1 is 1.16 bits per heavy atom. The molecule has 0 radical (unpaired) electrons. The quantitative estimate of drug-likeness (QED) is 0.663. The van der Waals surface area contributed by atoms with Gasteiger partial charge >= 0.3 is 0 Å². The highest BCUT2D eigenvalue weighted by atomic mass is 35.5. The average Bonchev–Trinajstić information content (AvgIpc) is 3.14. The van der Waals surface area contributed by atoms with Gasteiger partial charge in [0.1, 0.15) is 6.04 Å². The highest BCUT2D eigenvalue weighted by Crippen LogP contribution is 2.06. The zero-order chi connectivity index (χ0) is 17.4. The Hall–Kier alpha value is -2.31. The topological polar surface area (TPSA) is 97.4 Å². The number of carbonyl (C=O) groups is 2. The van der Waals surface area contributed by atoms with Gasteiger partial charge in [-0.15, -0.1) is 12.4 Å². The van der Waals surface area contributed by atoms with Crippen molar-refractivity contribution in [2.45, 2.75) is 19.4 Å². The van der Waals surface area contributed by atoms with Crippen LogP contribution in [-0.2, 0) is 11.2 Å². The molecule has 2 aromatic rings. The molecule has 1 aromatic carbocycles. The number of carbonyl (C=O) groups excluding carboxylic acids is 2. The van der Waals surface area contributed by atoms with Crippen molar-refractivity contribution in [1.82, 2.24) is 10.6 Å². The third-order valence-corrected chi connectivity index (χ3v) is 3.68. The fourth-order valence-corrected chi connectivity index (χ4v) is 2.18. The molecule has 0 aliphatic carbocycles. The van der Waals surface area contributed by atoms with Gasteiger partial charge in [0.25, 0.3) is 5.91 Å². The van der Waals surface area contributed by atoms with Crippen molar-refractivity contribution in [1.29, 1.82) is 0 Å². The predicted molar refractivity (Wildman–Crippen MR) is 98.6 cm³/mol. The first kappa shape index (κ1) is 20.7. The summed E-state index contributed by atoms with van der Waals surface area (Å²) in [5.74, 6) is -0.301. The summed E-state index contributed by atoms with van der Waals surface area (Å²) in [5.41, 5.74) is 6.53. The monoisotopic (exact) mass is 365 g/mol. The van der Waals surface area contributed by atoms with Crippen LogP contribution in [0.25, 0.3) is 0 Å². The van der Waals surface area contributed by atoms with Crippen molar-refractivity contribution in [2.24, 2.45) is 11.7 Å². The van der Waals surface area contributed by atoms with Crippen LogP contribution in [0.3, 0.4) is 0 Å². The van der Waals surface area contributed by atoms with E-state index in [0.717, 1.165) is 5.56 Å². The van der Waals surface area contributed by atoms with E-state index in [4.69, 9.17) is 10.2 Å². The first-order valence-corrected chi connectivity index (χ1v) is 7.96. The molecule has 0 aliphatic rings. The molecule has 25 heavy (non-hydrogen) atoms. The Labute approximate surface area is 153 Å².